The molecule has 0 atom stereocenters. The van der Waals surface area contributed by atoms with E-state index in [4.69, 9.17) is 9.47 Å². The van der Waals surface area contributed by atoms with Crippen molar-refractivity contribution >= 4 is 68.0 Å². The van der Waals surface area contributed by atoms with Gasteiger partial charge in [-0.05, 0) is 73.5 Å². The van der Waals surface area contributed by atoms with Crippen LogP contribution in [0.1, 0.15) is 70.4 Å². The number of unbranched alkanes of at least 4 members (excludes halogenated alkanes) is 3. The number of benzene rings is 4. The van der Waals surface area contributed by atoms with E-state index in [1.54, 1.807) is 84.9 Å². The summed E-state index contributed by atoms with van der Waals surface area (Å²) in [6, 6.07) is 27.5. The second-order valence-electron chi connectivity index (χ2n) is 10.4. The normalized spacial score (nSPS) is 11.0. The highest BCUT2D eigenvalue weighted by atomic mass is 79.9. The van der Waals surface area contributed by atoms with Crippen LogP contribution >= 0.6 is 31.9 Å². The SMILES string of the molecule is O=C(CCCCCCC(=O)NN=Cc1cc(Br)ccc1OC(=O)c1ccccc1)NN=Cc1cc(Br)ccc1OC(=O)c1ccccc1. The van der Waals surface area contributed by atoms with E-state index < -0.39 is 11.9 Å². The Morgan fingerprint density at radius 2 is 0.958 bits per heavy atom. The number of amides is 2. The third-order valence-electron chi connectivity index (χ3n) is 6.71. The van der Waals surface area contributed by atoms with Gasteiger partial charge < -0.3 is 9.47 Å². The van der Waals surface area contributed by atoms with Crippen LogP contribution in [0.15, 0.2) is 116 Å². The number of esters is 2. The lowest BCUT2D eigenvalue weighted by Crippen LogP contribution is -2.17. The number of nitrogens with zero attached hydrogens (tertiary/aromatic N) is 2. The second-order valence-corrected chi connectivity index (χ2v) is 12.2. The van der Waals surface area contributed by atoms with Gasteiger partial charge in [0, 0.05) is 32.9 Å². The number of hydrogen-bond donors (Lipinski definition) is 2. The molecule has 0 spiro atoms. The van der Waals surface area contributed by atoms with E-state index in [0.29, 0.717) is 46.6 Å². The Labute approximate surface area is 294 Å². The maximum absolute atomic E-state index is 12.5. The number of ether oxygens (including phenoxy) is 2. The lowest BCUT2D eigenvalue weighted by molar-refractivity contribution is -0.122. The lowest BCUT2D eigenvalue weighted by Gasteiger charge is -2.08. The minimum atomic E-state index is -0.500. The summed E-state index contributed by atoms with van der Waals surface area (Å²) >= 11 is 6.79. The van der Waals surface area contributed by atoms with Crippen LogP contribution in [0.25, 0.3) is 0 Å². The first-order valence-electron chi connectivity index (χ1n) is 15.1. The number of carbonyl (C=O) groups is 4. The Morgan fingerprint density at radius 1 is 0.562 bits per heavy atom. The third kappa shape index (κ3) is 12.0. The summed E-state index contributed by atoms with van der Waals surface area (Å²) < 4.78 is 12.6. The minimum Gasteiger partial charge on any atom is -0.422 e. The molecule has 0 unspecified atom stereocenters. The molecule has 48 heavy (non-hydrogen) atoms. The highest BCUT2D eigenvalue weighted by Gasteiger charge is 2.13. The van der Waals surface area contributed by atoms with Gasteiger partial charge in [0.25, 0.3) is 0 Å². The van der Waals surface area contributed by atoms with Crippen LogP contribution in [0.5, 0.6) is 11.5 Å². The van der Waals surface area contributed by atoms with Gasteiger partial charge in [-0.2, -0.15) is 10.2 Å². The van der Waals surface area contributed by atoms with E-state index in [0.717, 1.165) is 21.8 Å². The molecule has 2 N–H and O–H groups in total. The lowest BCUT2D eigenvalue weighted by atomic mass is 10.1. The molecule has 10 nitrogen and oxygen atoms in total. The summed E-state index contributed by atoms with van der Waals surface area (Å²) in [5, 5.41) is 8.04. The van der Waals surface area contributed by atoms with Crippen molar-refractivity contribution in [2.75, 3.05) is 0 Å². The van der Waals surface area contributed by atoms with Gasteiger partial charge in [-0.3, -0.25) is 9.59 Å². The van der Waals surface area contributed by atoms with Gasteiger partial charge in [0.1, 0.15) is 11.5 Å². The number of rotatable bonds is 15. The fraction of sp³-hybridized carbons (Fsp3) is 0.167. The number of nitrogens with one attached hydrogen (secondary N) is 2. The largest absolute Gasteiger partial charge is 0.422 e. The van der Waals surface area contributed by atoms with Crippen LogP contribution in [0.4, 0.5) is 0 Å². The van der Waals surface area contributed by atoms with Crippen LogP contribution in [0, 0.1) is 0 Å². The topological polar surface area (TPSA) is 136 Å². The molecule has 0 heterocycles. The van der Waals surface area contributed by atoms with E-state index >= 15 is 0 Å². The third-order valence-corrected chi connectivity index (χ3v) is 7.70. The fourth-order valence-corrected chi connectivity index (χ4v) is 5.03. The number of hydrazone groups is 2. The molecular weight excluding hydrogens is 744 g/mol. The molecule has 4 aromatic rings. The quantitative estimate of drug-likeness (QED) is 0.0420. The monoisotopic (exact) mass is 774 g/mol. The Hall–Kier alpha value is -4.94. The highest BCUT2D eigenvalue weighted by Crippen LogP contribution is 2.24. The van der Waals surface area contributed by atoms with Gasteiger partial charge >= 0.3 is 11.9 Å². The van der Waals surface area contributed by atoms with Crippen molar-refractivity contribution in [1.82, 2.24) is 10.9 Å². The molecule has 12 heteroatoms. The highest BCUT2D eigenvalue weighted by molar-refractivity contribution is 9.10. The van der Waals surface area contributed by atoms with Crippen LogP contribution in [0.3, 0.4) is 0 Å². The molecule has 2 amide bonds. The number of halogens is 2. The summed E-state index contributed by atoms with van der Waals surface area (Å²) in [6.45, 7) is 0. The van der Waals surface area contributed by atoms with E-state index in [-0.39, 0.29) is 24.7 Å². The van der Waals surface area contributed by atoms with Gasteiger partial charge in [0.2, 0.25) is 11.8 Å². The number of carbonyl (C=O) groups excluding carboxylic acids is 4. The summed E-state index contributed by atoms with van der Waals surface area (Å²) in [5.41, 5.74) is 6.86. The molecule has 0 aliphatic heterocycles. The van der Waals surface area contributed by atoms with Gasteiger partial charge in [-0.1, -0.05) is 81.1 Å². The molecule has 0 aromatic heterocycles. The Bertz CT molecular complexity index is 1650. The van der Waals surface area contributed by atoms with Crippen LogP contribution in [-0.2, 0) is 9.59 Å². The number of hydrogen-bond acceptors (Lipinski definition) is 8. The van der Waals surface area contributed by atoms with Gasteiger partial charge in [0.05, 0.1) is 23.6 Å². The van der Waals surface area contributed by atoms with Crippen molar-refractivity contribution in [2.24, 2.45) is 10.2 Å². The second kappa shape index (κ2) is 19.0. The molecule has 0 aliphatic rings. The minimum absolute atomic E-state index is 0.252. The molecule has 4 rings (SSSR count). The van der Waals surface area contributed by atoms with Crippen LogP contribution < -0.4 is 20.3 Å². The molecule has 0 bridgehead atoms. The molecule has 4 aromatic carbocycles. The van der Waals surface area contributed by atoms with Crippen molar-refractivity contribution in [3.8, 4) is 11.5 Å². The maximum atomic E-state index is 12.5. The van der Waals surface area contributed by atoms with E-state index in [9.17, 15) is 19.2 Å². The van der Waals surface area contributed by atoms with Crippen molar-refractivity contribution < 1.29 is 28.7 Å². The molecule has 0 radical (unpaired) electrons. The Balaban J connectivity index is 1.13. The predicted octanol–water partition coefficient (Wildman–Crippen LogP) is 7.59. The van der Waals surface area contributed by atoms with Crippen molar-refractivity contribution in [1.29, 1.82) is 0 Å². The van der Waals surface area contributed by atoms with Crippen LogP contribution in [-0.4, -0.2) is 36.2 Å². The average Bonchev–Trinajstić information content (AvgIpc) is 3.09. The molecule has 0 aliphatic carbocycles. The van der Waals surface area contributed by atoms with E-state index in [1.807, 2.05) is 12.1 Å². The summed E-state index contributed by atoms with van der Waals surface area (Å²) in [5.74, 6) is -0.890. The first-order chi connectivity index (χ1) is 23.3. The van der Waals surface area contributed by atoms with Crippen molar-refractivity contribution in [3.63, 3.8) is 0 Å². The Kier molecular flexibility index (Phi) is 14.2. The zero-order valence-corrected chi connectivity index (χ0v) is 28.9. The maximum Gasteiger partial charge on any atom is 0.343 e. The average molecular weight is 776 g/mol. The first kappa shape index (κ1) is 35.9. The van der Waals surface area contributed by atoms with Crippen molar-refractivity contribution in [3.05, 3.63) is 128 Å². The summed E-state index contributed by atoms with van der Waals surface area (Å²) in [6.07, 6.45) is 6.16. The smallest absolute Gasteiger partial charge is 0.343 e. The van der Waals surface area contributed by atoms with Gasteiger partial charge in [0.15, 0.2) is 0 Å². The molecule has 0 fully saturated rings. The molecule has 0 saturated heterocycles. The zero-order chi connectivity index (χ0) is 34.1. The molecular formula is C36H32Br2N4O6. The van der Waals surface area contributed by atoms with Crippen LogP contribution in [0.2, 0.25) is 0 Å². The summed E-state index contributed by atoms with van der Waals surface area (Å²) in [7, 11) is 0. The summed E-state index contributed by atoms with van der Waals surface area (Å²) in [4.78, 5) is 49.5. The first-order valence-corrected chi connectivity index (χ1v) is 16.6. The zero-order valence-electron chi connectivity index (χ0n) is 25.7. The Morgan fingerprint density at radius 3 is 1.35 bits per heavy atom. The standard InChI is InChI=1S/C36H32Br2N4O6/c37-29-17-19-31(47-35(45)25-11-5-3-6-12-25)27(21-29)23-39-41-33(43)15-9-1-2-10-16-34(44)42-40-24-28-22-30(38)18-20-32(28)48-36(46)26-13-7-4-8-14-26/h3-8,11-14,17-24H,1-2,9-10,15-16H2,(H,41,43)(H,42,44). The molecule has 246 valence electrons. The van der Waals surface area contributed by atoms with E-state index in [2.05, 4.69) is 52.9 Å². The predicted molar refractivity (Wildman–Crippen MR) is 190 cm³/mol. The fourth-order valence-electron chi connectivity index (χ4n) is 4.28. The van der Waals surface area contributed by atoms with Gasteiger partial charge in [-0.25, -0.2) is 20.4 Å². The van der Waals surface area contributed by atoms with Crippen molar-refractivity contribution in [2.45, 2.75) is 38.5 Å². The van der Waals surface area contributed by atoms with E-state index in [1.165, 1.54) is 12.4 Å². The van der Waals surface area contributed by atoms with Gasteiger partial charge in [-0.15, -0.1) is 0 Å². The molecule has 0 saturated carbocycles.